The lowest BCUT2D eigenvalue weighted by molar-refractivity contribution is 1.29. The highest BCUT2D eigenvalue weighted by Gasteiger charge is 1.96. The van der Waals surface area contributed by atoms with Gasteiger partial charge in [0.05, 0.1) is 0 Å². The average Bonchev–Trinajstić information content (AvgIpc) is 2.41. The summed E-state index contributed by atoms with van der Waals surface area (Å²) in [5.41, 5.74) is 3.45. The van der Waals surface area contributed by atoms with Crippen LogP contribution >= 0.6 is 11.6 Å². The van der Waals surface area contributed by atoms with Crippen molar-refractivity contribution in [2.75, 3.05) is 5.88 Å². The molecule has 2 aromatic carbocycles. The average molecular weight is 241 g/mol. The van der Waals surface area contributed by atoms with E-state index in [9.17, 15) is 0 Å². The van der Waals surface area contributed by atoms with E-state index in [1.54, 1.807) is 0 Å². The van der Waals surface area contributed by atoms with Gasteiger partial charge < -0.3 is 0 Å². The monoisotopic (exact) mass is 240 g/mol. The molecule has 0 amide bonds. The number of halogens is 1. The predicted molar refractivity (Wildman–Crippen MR) is 74.1 cm³/mol. The van der Waals surface area contributed by atoms with Gasteiger partial charge in [0.25, 0.3) is 0 Å². The highest BCUT2D eigenvalue weighted by molar-refractivity contribution is 6.18. The van der Waals surface area contributed by atoms with Crippen LogP contribution in [0.2, 0.25) is 0 Å². The van der Waals surface area contributed by atoms with Gasteiger partial charge in [0, 0.05) is 17.9 Å². The van der Waals surface area contributed by atoms with Gasteiger partial charge >= 0.3 is 0 Å². The summed E-state index contributed by atoms with van der Waals surface area (Å²) >= 11 is 5.59. The minimum atomic E-state index is 0.589. The highest BCUT2D eigenvalue weighted by atomic mass is 35.5. The van der Waals surface area contributed by atoms with Crippen molar-refractivity contribution in [2.24, 2.45) is 0 Å². The molecule has 0 aromatic heterocycles. The third-order valence-electron chi connectivity index (χ3n) is 2.42. The first kappa shape index (κ1) is 11.8. The van der Waals surface area contributed by atoms with Crippen LogP contribution in [0.25, 0.3) is 11.1 Å². The maximum absolute atomic E-state index is 5.59. The van der Waals surface area contributed by atoms with Gasteiger partial charge in [0.2, 0.25) is 0 Å². The smallest absolute Gasteiger partial charge is 0.0333 e. The van der Waals surface area contributed by atoms with E-state index in [0.29, 0.717) is 5.88 Å². The molecule has 0 saturated heterocycles. The third kappa shape index (κ3) is 3.37. The molecule has 84 valence electrons. The zero-order chi connectivity index (χ0) is 11.9. The minimum Gasteiger partial charge on any atom is -0.126 e. The zero-order valence-corrected chi connectivity index (χ0v) is 10.2. The molecule has 0 radical (unpaired) electrons. The van der Waals surface area contributed by atoms with Crippen molar-refractivity contribution in [3.8, 4) is 23.0 Å². The van der Waals surface area contributed by atoms with Crippen molar-refractivity contribution in [2.45, 2.75) is 6.42 Å². The maximum Gasteiger partial charge on any atom is 0.0333 e. The minimum absolute atomic E-state index is 0.589. The van der Waals surface area contributed by atoms with E-state index in [4.69, 9.17) is 11.6 Å². The normalized spacial score (nSPS) is 9.47. The van der Waals surface area contributed by atoms with E-state index in [-0.39, 0.29) is 0 Å². The van der Waals surface area contributed by atoms with Gasteiger partial charge in [-0.05, 0) is 23.3 Å². The molecular formula is C16H13Cl. The Morgan fingerprint density at radius 2 is 1.65 bits per heavy atom. The van der Waals surface area contributed by atoms with E-state index >= 15 is 0 Å². The molecule has 2 aromatic rings. The highest BCUT2D eigenvalue weighted by Crippen LogP contribution is 2.19. The SMILES string of the molecule is ClCCC#Cc1cccc(-c2ccccc2)c1. The Kier molecular flexibility index (Phi) is 4.24. The lowest BCUT2D eigenvalue weighted by atomic mass is 10.0. The first-order valence-electron chi connectivity index (χ1n) is 5.60. The molecular weight excluding hydrogens is 228 g/mol. The summed E-state index contributed by atoms with van der Waals surface area (Å²) in [6, 6.07) is 18.6. The van der Waals surface area contributed by atoms with Crippen LogP contribution in [-0.2, 0) is 0 Å². The van der Waals surface area contributed by atoms with Crippen LogP contribution in [0, 0.1) is 11.8 Å². The van der Waals surface area contributed by atoms with Crippen LogP contribution in [0.1, 0.15) is 12.0 Å². The second-order valence-electron chi connectivity index (χ2n) is 3.69. The summed E-state index contributed by atoms with van der Waals surface area (Å²) < 4.78 is 0. The molecule has 17 heavy (non-hydrogen) atoms. The second-order valence-corrected chi connectivity index (χ2v) is 4.07. The van der Waals surface area contributed by atoms with Crippen molar-refractivity contribution >= 4 is 11.6 Å². The van der Waals surface area contributed by atoms with Crippen LogP contribution < -0.4 is 0 Å². The van der Waals surface area contributed by atoms with Gasteiger partial charge in [0.15, 0.2) is 0 Å². The molecule has 0 N–H and O–H groups in total. The van der Waals surface area contributed by atoms with E-state index < -0.39 is 0 Å². The van der Waals surface area contributed by atoms with Crippen molar-refractivity contribution < 1.29 is 0 Å². The third-order valence-corrected chi connectivity index (χ3v) is 2.61. The van der Waals surface area contributed by atoms with Gasteiger partial charge in [-0.2, -0.15) is 0 Å². The molecule has 0 nitrogen and oxygen atoms in total. The molecule has 0 aliphatic heterocycles. The fraction of sp³-hybridized carbons (Fsp3) is 0.125. The maximum atomic E-state index is 5.59. The fourth-order valence-electron chi connectivity index (χ4n) is 1.62. The lowest BCUT2D eigenvalue weighted by Crippen LogP contribution is -1.79. The molecule has 0 bridgehead atoms. The Hall–Kier alpha value is -1.71. The zero-order valence-electron chi connectivity index (χ0n) is 9.49. The van der Waals surface area contributed by atoms with Crippen molar-refractivity contribution in [3.63, 3.8) is 0 Å². The Labute approximate surface area is 107 Å². The summed E-state index contributed by atoms with van der Waals surface area (Å²) in [6.07, 6.45) is 0.733. The molecule has 0 fully saturated rings. The largest absolute Gasteiger partial charge is 0.126 e. The van der Waals surface area contributed by atoms with Gasteiger partial charge in [-0.25, -0.2) is 0 Å². The van der Waals surface area contributed by atoms with Gasteiger partial charge in [0.1, 0.15) is 0 Å². The quantitative estimate of drug-likeness (QED) is 0.541. The number of rotatable bonds is 2. The van der Waals surface area contributed by atoms with Crippen molar-refractivity contribution in [3.05, 3.63) is 60.2 Å². The summed E-state index contributed by atoms with van der Waals surface area (Å²) in [5.74, 6) is 6.76. The molecule has 0 unspecified atom stereocenters. The number of hydrogen-bond donors (Lipinski definition) is 0. The first-order chi connectivity index (χ1) is 8.40. The van der Waals surface area contributed by atoms with E-state index in [0.717, 1.165) is 12.0 Å². The van der Waals surface area contributed by atoms with Crippen molar-refractivity contribution in [1.29, 1.82) is 0 Å². The Morgan fingerprint density at radius 1 is 0.882 bits per heavy atom. The summed E-state index contributed by atoms with van der Waals surface area (Å²) in [4.78, 5) is 0. The van der Waals surface area contributed by atoms with Crippen LogP contribution in [-0.4, -0.2) is 5.88 Å². The molecule has 0 aliphatic carbocycles. The van der Waals surface area contributed by atoms with Crippen LogP contribution in [0.4, 0.5) is 0 Å². The Morgan fingerprint density at radius 3 is 2.41 bits per heavy atom. The van der Waals surface area contributed by atoms with Gasteiger partial charge in [-0.15, -0.1) is 11.6 Å². The predicted octanol–water partition coefficient (Wildman–Crippen LogP) is 4.33. The standard InChI is InChI=1S/C16H13Cl/c17-12-5-4-7-14-8-6-11-16(13-14)15-9-2-1-3-10-15/h1-3,6,8-11,13H,5,12H2. The Bertz CT molecular complexity index is 532. The number of alkyl halides is 1. The number of hydrogen-bond acceptors (Lipinski definition) is 0. The summed E-state index contributed by atoms with van der Waals surface area (Å²) in [6.45, 7) is 0. The second kappa shape index (κ2) is 6.13. The molecule has 2 rings (SSSR count). The molecule has 0 saturated carbocycles. The number of benzene rings is 2. The van der Waals surface area contributed by atoms with E-state index in [1.807, 2.05) is 30.3 Å². The topological polar surface area (TPSA) is 0 Å². The molecule has 0 heterocycles. The van der Waals surface area contributed by atoms with E-state index in [2.05, 4.69) is 36.1 Å². The molecule has 0 aliphatic rings. The van der Waals surface area contributed by atoms with Crippen LogP contribution in [0.15, 0.2) is 54.6 Å². The van der Waals surface area contributed by atoms with Crippen LogP contribution in [0.5, 0.6) is 0 Å². The van der Waals surface area contributed by atoms with Crippen LogP contribution in [0.3, 0.4) is 0 Å². The van der Waals surface area contributed by atoms with E-state index in [1.165, 1.54) is 11.1 Å². The first-order valence-corrected chi connectivity index (χ1v) is 6.14. The Balaban J connectivity index is 2.27. The van der Waals surface area contributed by atoms with Gasteiger partial charge in [-0.1, -0.05) is 54.3 Å². The fourth-order valence-corrected chi connectivity index (χ4v) is 1.71. The lowest BCUT2D eigenvalue weighted by Gasteiger charge is -2.01. The summed E-state index contributed by atoms with van der Waals surface area (Å²) in [7, 11) is 0. The van der Waals surface area contributed by atoms with Gasteiger partial charge in [-0.3, -0.25) is 0 Å². The molecule has 1 heteroatoms. The summed E-state index contributed by atoms with van der Waals surface area (Å²) in [5, 5.41) is 0. The molecule has 0 atom stereocenters. The molecule has 0 spiro atoms. The van der Waals surface area contributed by atoms with Crippen molar-refractivity contribution in [1.82, 2.24) is 0 Å².